The average Bonchev–Trinajstić information content (AvgIpc) is 2.69. The van der Waals surface area contributed by atoms with Gasteiger partial charge in [0.05, 0.1) is 12.7 Å². The third kappa shape index (κ3) is 4.92. The van der Waals surface area contributed by atoms with Crippen molar-refractivity contribution in [2.45, 2.75) is 18.9 Å². The number of nitrogens with zero attached hydrogens (tertiary/aromatic N) is 1. The van der Waals surface area contributed by atoms with Crippen LogP contribution in [0.5, 0.6) is 11.5 Å². The minimum atomic E-state index is -0.373. The molecule has 0 unspecified atom stereocenters. The minimum absolute atomic E-state index is 0.0260. The zero-order chi connectivity index (χ0) is 19.2. The van der Waals surface area contributed by atoms with Gasteiger partial charge < -0.3 is 19.7 Å². The molecule has 6 nitrogen and oxygen atoms in total. The smallest absolute Gasteiger partial charge is 0.415 e. The van der Waals surface area contributed by atoms with E-state index in [-0.39, 0.29) is 18.0 Å². The molecule has 1 aliphatic rings. The van der Waals surface area contributed by atoms with Crippen LogP contribution in [0.4, 0.5) is 4.79 Å². The van der Waals surface area contributed by atoms with Gasteiger partial charge in [-0.1, -0.05) is 29.8 Å². The minimum Gasteiger partial charge on any atom is -0.496 e. The fourth-order valence-corrected chi connectivity index (χ4v) is 3.15. The number of halogens is 1. The summed E-state index contributed by atoms with van der Waals surface area (Å²) in [5.74, 6) is 0.756. The van der Waals surface area contributed by atoms with E-state index in [4.69, 9.17) is 21.1 Å². The maximum atomic E-state index is 12.5. The van der Waals surface area contributed by atoms with Gasteiger partial charge in [0.25, 0.3) is 5.91 Å². The second-order valence-corrected chi connectivity index (χ2v) is 6.70. The second-order valence-electron chi connectivity index (χ2n) is 6.26. The Kier molecular flexibility index (Phi) is 6.19. The third-order valence-corrected chi connectivity index (χ3v) is 4.68. The molecule has 142 valence electrons. The summed E-state index contributed by atoms with van der Waals surface area (Å²) in [4.78, 5) is 26.4. The molecular weight excluding hydrogens is 368 g/mol. The number of ether oxygens (including phenoxy) is 2. The highest BCUT2D eigenvalue weighted by Gasteiger charge is 2.26. The zero-order valence-electron chi connectivity index (χ0n) is 15.0. The highest BCUT2D eigenvalue weighted by Crippen LogP contribution is 2.23. The predicted octanol–water partition coefficient (Wildman–Crippen LogP) is 3.74. The van der Waals surface area contributed by atoms with Gasteiger partial charge in [0.15, 0.2) is 0 Å². The Morgan fingerprint density at radius 3 is 2.48 bits per heavy atom. The molecular formula is C20H21ClN2O4. The van der Waals surface area contributed by atoms with Gasteiger partial charge in [-0.3, -0.25) is 4.79 Å². The Morgan fingerprint density at radius 1 is 1.11 bits per heavy atom. The number of amides is 2. The van der Waals surface area contributed by atoms with Crippen molar-refractivity contribution in [1.82, 2.24) is 10.2 Å². The lowest BCUT2D eigenvalue weighted by atomic mass is 10.0. The van der Waals surface area contributed by atoms with Crippen molar-refractivity contribution >= 4 is 23.6 Å². The first-order chi connectivity index (χ1) is 13.1. The molecule has 0 atom stereocenters. The molecule has 1 N–H and O–H groups in total. The first-order valence-electron chi connectivity index (χ1n) is 8.73. The molecule has 1 aliphatic heterocycles. The van der Waals surface area contributed by atoms with E-state index < -0.39 is 0 Å². The van der Waals surface area contributed by atoms with E-state index in [0.717, 1.165) is 0 Å². The molecule has 2 amide bonds. The van der Waals surface area contributed by atoms with Crippen LogP contribution in [-0.4, -0.2) is 43.1 Å². The lowest BCUT2D eigenvalue weighted by Gasteiger charge is -2.31. The summed E-state index contributed by atoms with van der Waals surface area (Å²) < 4.78 is 10.6. The van der Waals surface area contributed by atoms with Crippen LogP contribution in [0.2, 0.25) is 5.02 Å². The summed E-state index contributed by atoms with van der Waals surface area (Å²) in [6.07, 6.45) is 0.930. The van der Waals surface area contributed by atoms with Crippen molar-refractivity contribution < 1.29 is 19.1 Å². The molecule has 2 aromatic carbocycles. The van der Waals surface area contributed by atoms with Crippen LogP contribution in [-0.2, 0) is 0 Å². The summed E-state index contributed by atoms with van der Waals surface area (Å²) in [6, 6.07) is 13.9. The number of hydrogen-bond donors (Lipinski definition) is 1. The van der Waals surface area contributed by atoms with Gasteiger partial charge >= 0.3 is 6.09 Å². The first kappa shape index (κ1) is 19.0. The number of carbonyl (C=O) groups excluding carboxylic acids is 2. The van der Waals surface area contributed by atoms with Gasteiger partial charge in [-0.2, -0.15) is 0 Å². The van der Waals surface area contributed by atoms with Crippen molar-refractivity contribution in [2.24, 2.45) is 0 Å². The average molecular weight is 389 g/mol. The number of carbonyl (C=O) groups is 2. The topological polar surface area (TPSA) is 67.9 Å². The Balaban J connectivity index is 1.53. The highest BCUT2D eigenvalue weighted by atomic mass is 35.5. The van der Waals surface area contributed by atoms with Crippen molar-refractivity contribution in [3.05, 3.63) is 59.1 Å². The molecule has 2 aromatic rings. The van der Waals surface area contributed by atoms with Crippen LogP contribution in [0.1, 0.15) is 23.2 Å². The molecule has 0 aromatic heterocycles. The van der Waals surface area contributed by atoms with Crippen molar-refractivity contribution in [3.8, 4) is 11.5 Å². The molecule has 1 fully saturated rings. The number of methoxy groups -OCH3 is 1. The summed E-state index contributed by atoms with van der Waals surface area (Å²) in [5.41, 5.74) is 0.399. The molecule has 0 radical (unpaired) electrons. The van der Waals surface area contributed by atoms with Gasteiger partial charge in [0, 0.05) is 24.2 Å². The van der Waals surface area contributed by atoms with E-state index in [9.17, 15) is 9.59 Å². The lowest BCUT2D eigenvalue weighted by Crippen LogP contribution is -2.47. The zero-order valence-corrected chi connectivity index (χ0v) is 15.7. The molecule has 27 heavy (non-hydrogen) atoms. The lowest BCUT2D eigenvalue weighted by molar-refractivity contribution is 0.0907. The summed E-state index contributed by atoms with van der Waals surface area (Å²) in [6.45, 7) is 1.03. The van der Waals surface area contributed by atoms with Gasteiger partial charge in [0.2, 0.25) is 0 Å². The summed E-state index contributed by atoms with van der Waals surface area (Å²) in [5, 5.41) is 3.46. The van der Waals surface area contributed by atoms with E-state index in [2.05, 4.69) is 5.32 Å². The number of piperidine rings is 1. The number of rotatable bonds is 4. The molecule has 1 saturated heterocycles. The fraction of sp³-hybridized carbons (Fsp3) is 0.300. The number of hydrogen-bond acceptors (Lipinski definition) is 4. The molecule has 1 heterocycles. The Labute approximate surface area is 163 Å². The number of nitrogens with one attached hydrogen (secondary N) is 1. The molecule has 0 spiro atoms. The predicted molar refractivity (Wildman–Crippen MR) is 103 cm³/mol. The molecule has 3 rings (SSSR count). The van der Waals surface area contributed by atoms with Crippen molar-refractivity contribution in [1.29, 1.82) is 0 Å². The quantitative estimate of drug-likeness (QED) is 0.866. The first-order valence-corrected chi connectivity index (χ1v) is 9.11. The fourth-order valence-electron chi connectivity index (χ4n) is 2.98. The Bertz CT molecular complexity index is 805. The van der Waals surface area contributed by atoms with E-state index >= 15 is 0 Å². The van der Waals surface area contributed by atoms with Crippen LogP contribution < -0.4 is 14.8 Å². The van der Waals surface area contributed by atoms with Gasteiger partial charge in [0.1, 0.15) is 11.5 Å². The van der Waals surface area contributed by atoms with E-state index in [1.54, 1.807) is 35.2 Å². The van der Waals surface area contributed by atoms with Crippen LogP contribution in [0.3, 0.4) is 0 Å². The third-order valence-electron chi connectivity index (χ3n) is 4.44. The van der Waals surface area contributed by atoms with Crippen LogP contribution in [0.25, 0.3) is 0 Å². The maximum Gasteiger partial charge on any atom is 0.415 e. The highest BCUT2D eigenvalue weighted by molar-refractivity contribution is 6.31. The molecule has 7 heteroatoms. The Hall–Kier alpha value is -2.73. The normalized spacial score (nSPS) is 14.5. The van der Waals surface area contributed by atoms with Gasteiger partial charge in [-0.25, -0.2) is 4.79 Å². The standard InChI is InChI=1S/C20H21ClN2O4/c1-26-18-8-7-14(21)13-17(18)19(24)22-15-9-11-23(12-10-15)20(25)27-16-5-3-2-4-6-16/h2-8,13,15H,9-12H2,1H3,(H,22,24). The monoisotopic (exact) mass is 388 g/mol. The summed E-state index contributed by atoms with van der Waals surface area (Å²) >= 11 is 5.99. The number of benzene rings is 2. The van der Waals surface area contributed by atoms with Crippen molar-refractivity contribution in [2.75, 3.05) is 20.2 Å². The van der Waals surface area contributed by atoms with Gasteiger partial charge in [-0.15, -0.1) is 0 Å². The van der Waals surface area contributed by atoms with Crippen LogP contribution in [0, 0.1) is 0 Å². The largest absolute Gasteiger partial charge is 0.496 e. The second kappa shape index (κ2) is 8.77. The summed E-state index contributed by atoms with van der Waals surface area (Å²) in [7, 11) is 1.51. The maximum absolute atomic E-state index is 12.5. The van der Waals surface area contributed by atoms with E-state index in [1.807, 2.05) is 18.2 Å². The number of para-hydroxylation sites is 1. The van der Waals surface area contributed by atoms with E-state index in [0.29, 0.717) is 48.0 Å². The number of likely N-dealkylation sites (tertiary alicyclic amines) is 1. The SMILES string of the molecule is COc1ccc(Cl)cc1C(=O)NC1CCN(C(=O)Oc2ccccc2)CC1. The Morgan fingerprint density at radius 2 is 1.81 bits per heavy atom. The van der Waals surface area contributed by atoms with E-state index in [1.165, 1.54) is 7.11 Å². The van der Waals surface area contributed by atoms with Crippen LogP contribution >= 0.6 is 11.6 Å². The van der Waals surface area contributed by atoms with Crippen LogP contribution in [0.15, 0.2) is 48.5 Å². The molecule has 0 bridgehead atoms. The molecule has 0 saturated carbocycles. The molecule has 0 aliphatic carbocycles. The van der Waals surface area contributed by atoms with Gasteiger partial charge in [-0.05, 0) is 43.2 Å². The van der Waals surface area contributed by atoms with Crippen molar-refractivity contribution in [3.63, 3.8) is 0 Å².